The maximum Gasteiger partial charge on any atom is 0.300 e. The zero-order valence-corrected chi connectivity index (χ0v) is 20.8. The number of hydrogen-bond donors (Lipinski definition) is 1. The number of carbonyl (C=O) groups is 2. The highest BCUT2D eigenvalue weighted by atomic mass is 16.5. The van der Waals surface area contributed by atoms with Crippen molar-refractivity contribution in [3.05, 3.63) is 89.0 Å². The Morgan fingerprint density at radius 1 is 0.917 bits per heavy atom. The lowest BCUT2D eigenvalue weighted by Gasteiger charge is -2.26. The predicted molar refractivity (Wildman–Crippen MR) is 138 cm³/mol. The molecule has 0 bridgehead atoms. The summed E-state index contributed by atoms with van der Waals surface area (Å²) in [5.74, 6) is 0.0311. The van der Waals surface area contributed by atoms with Gasteiger partial charge in [0.15, 0.2) is 0 Å². The molecule has 1 N–H and O–H groups in total. The van der Waals surface area contributed by atoms with Gasteiger partial charge in [-0.3, -0.25) is 14.5 Å². The van der Waals surface area contributed by atoms with Gasteiger partial charge in [-0.05, 0) is 66.9 Å². The molecular formula is C29H29NO6. The maximum absolute atomic E-state index is 13.4. The Morgan fingerprint density at radius 3 is 2.31 bits per heavy atom. The molecule has 186 valence electrons. The first-order chi connectivity index (χ1) is 17.4. The fraction of sp³-hybridized carbons (Fsp3) is 0.241. The van der Waals surface area contributed by atoms with Crippen molar-refractivity contribution in [1.82, 2.24) is 0 Å². The predicted octanol–water partition coefficient (Wildman–Crippen LogP) is 5.43. The third kappa shape index (κ3) is 4.64. The smallest absolute Gasteiger partial charge is 0.300 e. The second-order valence-corrected chi connectivity index (χ2v) is 8.47. The molecule has 1 amide bonds. The van der Waals surface area contributed by atoms with Gasteiger partial charge in [0.2, 0.25) is 0 Å². The van der Waals surface area contributed by atoms with E-state index < -0.39 is 17.7 Å². The molecule has 1 fully saturated rings. The minimum Gasteiger partial charge on any atom is -0.507 e. The number of anilines is 1. The number of aryl methyl sites for hydroxylation is 1. The molecule has 7 nitrogen and oxygen atoms in total. The van der Waals surface area contributed by atoms with Crippen molar-refractivity contribution < 1.29 is 28.9 Å². The first kappa shape index (κ1) is 24.9. The molecule has 3 aromatic rings. The number of nitrogens with zero attached hydrogens (tertiary/aromatic N) is 1. The van der Waals surface area contributed by atoms with Crippen molar-refractivity contribution in [3.63, 3.8) is 0 Å². The Bertz CT molecular complexity index is 1330. The summed E-state index contributed by atoms with van der Waals surface area (Å²) in [6.45, 7) is 4.35. The SMILES string of the molecule is CCCOc1cccc(C2/C(=C(\O)c3ccc(OC)cc3C)C(=O)C(=O)N2c2cccc(OC)c2)c1. The molecule has 1 aliphatic heterocycles. The minimum absolute atomic E-state index is 0.00345. The van der Waals surface area contributed by atoms with Crippen molar-refractivity contribution in [1.29, 1.82) is 0 Å². The molecule has 0 saturated carbocycles. The van der Waals surface area contributed by atoms with Crippen LogP contribution in [0.5, 0.6) is 17.2 Å². The van der Waals surface area contributed by atoms with Crippen LogP contribution in [0, 0.1) is 6.92 Å². The summed E-state index contributed by atoms with van der Waals surface area (Å²) in [5, 5.41) is 11.4. The summed E-state index contributed by atoms with van der Waals surface area (Å²) in [6, 6.07) is 18.5. The summed E-state index contributed by atoms with van der Waals surface area (Å²) >= 11 is 0. The van der Waals surface area contributed by atoms with Crippen LogP contribution in [0.4, 0.5) is 5.69 Å². The van der Waals surface area contributed by atoms with E-state index in [-0.39, 0.29) is 11.3 Å². The minimum atomic E-state index is -0.871. The largest absolute Gasteiger partial charge is 0.507 e. The molecule has 0 aliphatic carbocycles. The highest BCUT2D eigenvalue weighted by Crippen LogP contribution is 2.44. The van der Waals surface area contributed by atoms with Gasteiger partial charge in [-0.1, -0.05) is 25.1 Å². The lowest BCUT2D eigenvalue weighted by atomic mass is 9.93. The van der Waals surface area contributed by atoms with Crippen molar-refractivity contribution in [2.24, 2.45) is 0 Å². The van der Waals surface area contributed by atoms with Gasteiger partial charge in [-0.25, -0.2) is 0 Å². The van der Waals surface area contributed by atoms with Crippen molar-refractivity contribution in [2.75, 3.05) is 25.7 Å². The van der Waals surface area contributed by atoms with Crippen molar-refractivity contribution >= 4 is 23.1 Å². The van der Waals surface area contributed by atoms with Crippen LogP contribution in [0.25, 0.3) is 5.76 Å². The lowest BCUT2D eigenvalue weighted by Crippen LogP contribution is -2.29. The molecule has 1 aliphatic rings. The van der Waals surface area contributed by atoms with Gasteiger partial charge in [0, 0.05) is 17.3 Å². The number of rotatable bonds is 8. The number of methoxy groups -OCH3 is 2. The Labute approximate surface area is 210 Å². The van der Waals surface area contributed by atoms with E-state index in [4.69, 9.17) is 14.2 Å². The molecule has 4 rings (SSSR count). The quantitative estimate of drug-likeness (QED) is 0.259. The summed E-state index contributed by atoms with van der Waals surface area (Å²) in [7, 11) is 3.09. The van der Waals surface area contributed by atoms with E-state index in [9.17, 15) is 14.7 Å². The number of ether oxygens (including phenoxy) is 3. The number of carbonyl (C=O) groups excluding carboxylic acids is 2. The standard InChI is InChI=1S/C29H29NO6/c1-5-14-36-23-11-6-8-19(16-23)26-25(27(31)24-13-12-22(35-4)15-18(24)2)28(32)29(33)30(26)20-9-7-10-21(17-20)34-3/h6-13,15-17,26,31H,5,14H2,1-4H3/b27-25+. The first-order valence-electron chi connectivity index (χ1n) is 11.7. The van der Waals surface area contributed by atoms with E-state index in [1.54, 1.807) is 55.6 Å². The summed E-state index contributed by atoms with van der Waals surface area (Å²) in [4.78, 5) is 28.3. The number of aliphatic hydroxyl groups is 1. The second-order valence-electron chi connectivity index (χ2n) is 8.47. The lowest BCUT2D eigenvalue weighted by molar-refractivity contribution is -0.132. The molecule has 3 aromatic carbocycles. The van der Waals surface area contributed by atoms with Crippen LogP contribution in [0.15, 0.2) is 72.3 Å². The fourth-order valence-corrected chi connectivity index (χ4v) is 4.34. The molecule has 0 aromatic heterocycles. The zero-order valence-electron chi connectivity index (χ0n) is 20.8. The van der Waals surface area contributed by atoms with Crippen LogP contribution in [0.3, 0.4) is 0 Å². The van der Waals surface area contributed by atoms with Crippen LogP contribution in [-0.2, 0) is 9.59 Å². The van der Waals surface area contributed by atoms with Gasteiger partial charge in [0.05, 0.1) is 32.4 Å². The normalized spacial score (nSPS) is 16.8. The number of aliphatic hydroxyl groups excluding tert-OH is 1. The molecule has 1 unspecified atom stereocenters. The average Bonchev–Trinajstić information content (AvgIpc) is 3.17. The van der Waals surface area contributed by atoms with Gasteiger partial charge < -0.3 is 19.3 Å². The van der Waals surface area contributed by atoms with Crippen LogP contribution in [-0.4, -0.2) is 37.6 Å². The van der Waals surface area contributed by atoms with E-state index in [2.05, 4.69) is 0 Å². The van der Waals surface area contributed by atoms with Gasteiger partial charge in [-0.15, -0.1) is 0 Å². The van der Waals surface area contributed by atoms with E-state index >= 15 is 0 Å². The monoisotopic (exact) mass is 487 g/mol. The number of ketones is 1. The number of Topliss-reactive ketones (excluding diaryl/α,β-unsaturated/α-hetero) is 1. The topological polar surface area (TPSA) is 85.3 Å². The Hall–Kier alpha value is -4.26. The van der Waals surface area contributed by atoms with Gasteiger partial charge in [0.1, 0.15) is 23.0 Å². The summed E-state index contributed by atoms with van der Waals surface area (Å²) < 4.78 is 16.4. The third-order valence-electron chi connectivity index (χ3n) is 6.11. The molecule has 1 heterocycles. The fourth-order valence-electron chi connectivity index (χ4n) is 4.34. The number of amides is 1. The van der Waals surface area contributed by atoms with Crippen molar-refractivity contribution in [3.8, 4) is 17.2 Å². The van der Waals surface area contributed by atoms with E-state index in [0.29, 0.717) is 46.2 Å². The number of benzene rings is 3. The van der Waals surface area contributed by atoms with E-state index in [0.717, 1.165) is 6.42 Å². The zero-order chi connectivity index (χ0) is 25.8. The number of hydrogen-bond acceptors (Lipinski definition) is 6. The van der Waals surface area contributed by atoms with Crippen LogP contribution in [0.1, 0.15) is 36.1 Å². The first-order valence-corrected chi connectivity index (χ1v) is 11.7. The van der Waals surface area contributed by atoms with Crippen LogP contribution >= 0.6 is 0 Å². The van der Waals surface area contributed by atoms with E-state index in [1.165, 1.54) is 12.0 Å². The maximum atomic E-state index is 13.4. The van der Waals surface area contributed by atoms with Crippen molar-refractivity contribution in [2.45, 2.75) is 26.3 Å². The highest BCUT2D eigenvalue weighted by Gasteiger charge is 2.47. The van der Waals surface area contributed by atoms with Crippen LogP contribution < -0.4 is 19.1 Å². The van der Waals surface area contributed by atoms with E-state index in [1.807, 2.05) is 32.0 Å². The van der Waals surface area contributed by atoms with Gasteiger partial charge in [0.25, 0.3) is 11.7 Å². The molecular weight excluding hydrogens is 458 g/mol. The molecule has 1 saturated heterocycles. The molecule has 36 heavy (non-hydrogen) atoms. The second kappa shape index (κ2) is 10.6. The van der Waals surface area contributed by atoms with Gasteiger partial charge in [-0.2, -0.15) is 0 Å². The van der Waals surface area contributed by atoms with Crippen LogP contribution in [0.2, 0.25) is 0 Å². The molecule has 0 radical (unpaired) electrons. The average molecular weight is 488 g/mol. The Kier molecular flexibility index (Phi) is 7.29. The molecule has 0 spiro atoms. The molecule has 1 atom stereocenters. The van der Waals surface area contributed by atoms with Gasteiger partial charge >= 0.3 is 0 Å². The third-order valence-corrected chi connectivity index (χ3v) is 6.11. The highest BCUT2D eigenvalue weighted by molar-refractivity contribution is 6.51. The molecule has 7 heteroatoms. The summed E-state index contributed by atoms with van der Waals surface area (Å²) in [6.07, 6.45) is 0.837. The Balaban J connectivity index is 1.93. The Morgan fingerprint density at radius 2 is 1.61 bits per heavy atom. The summed E-state index contributed by atoms with van der Waals surface area (Å²) in [5.41, 5.74) is 2.27.